The third kappa shape index (κ3) is 5.60. The highest BCUT2D eigenvalue weighted by Crippen LogP contribution is 2.33. The fraction of sp³-hybridized carbons (Fsp3) is 0.111. The van der Waals surface area contributed by atoms with E-state index in [9.17, 15) is 27.1 Å². The molecule has 2 unspecified atom stereocenters. The molecular formula is C18H14ClF2N3O5S2. The molecule has 2 aromatic rings. The second-order valence-corrected chi connectivity index (χ2v) is 10.0. The predicted octanol–water partition coefficient (Wildman–Crippen LogP) is 3.84. The van der Waals surface area contributed by atoms with Crippen molar-refractivity contribution in [1.29, 1.82) is 0 Å². The highest BCUT2D eigenvalue weighted by molar-refractivity contribution is 8.42. The van der Waals surface area contributed by atoms with Crippen LogP contribution >= 0.6 is 11.6 Å². The van der Waals surface area contributed by atoms with E-state index in [4.69, 9.17) is 16.3 Å². The summed E-state index contributed by atoms with van der Waals surface area (Å²) < 4.78 is 55.0. The molecule has 0 fully saturated rings. The number of carbonyl (C=O) groups excluding carboxylic acids is 1. The number of aliphatic imine (C=N–C) groups is 1. The SMILES string of the molecule is CC(Nc1cc(F)c(OC(=O)NC2=CS(=S(=O)=O)C=N2)cc1Cl)c1cc(O)ccc1F. The highest BCUT2D eigenvalue weighted by atomic mass is 35.5. The van der Waals surface area contributed by atoms with Gasteiger partial charge in [0.05, 0.1) is 22.3 Å². The van der Waals surface area contributed by atoms with Gasteiger partial charge in [0.2, 0.25) is 9.26 Å². The molecule has 0 aliphatic carbocycles. The molecule has 1 amide bonds. The number of ether oxygens (including phenoxy) is 1. The third-order valence-corrected chi connectivity index (χ3v) is 6.84. The van der Waals surface area contributed by atoms with E-state index in [0.29, 0.717) is 0 Å². The number of nitrogens with zero attached hydrogens (tertiary/aromatic N) is 1. The van der Waals surface area contributed by atoms with Crippen LogP contribution in [0.2, 0.25) is 5.02 Å². The Hall–Kier alpha value is -2.96. The molecule has 1 aliphatic rings. The van der Waals surface area contributed by atoms with E-state index in [2.05, 4.69) is 15.6 Å². The van der Waals surface area contributed by atoms with Crippen LogP contribution in [-0.4, -0.2) is 25.2 Å². The molecule has 0 saturated heterocycles. The molecule has 1 aliphatic heterocycles. The van der Waals surface area contributed by atoms with Crippen LogP contribution in [-0.2, 0) is 18.7 Å². The van der Waals surface area contributed by atoms with Crippen molar-refractivity contribution in [2.24, 2.45) is 4.99 Å². The number of nitrogens with one attached hydrogen (secondary N) is 2. The van der Waals surface area contributed by atoms with Crippen LogP contribution < -0.4 is 15.4 Å². The maximum absolute atomic E-state index is 14.4. The number of halogens is 3. The second-order valence-electron chi connectivity index (χ2n) is 6.12. The minimum atomic E-state index is -2.41. The Morgan fingerprint density at radius 1 is 1.26 bits per heavy atom. The molecule has 31 heavy (non-hydrogen) atoms. The molecule has 0 bridgehead atoms. The maximum Gasteiger partial charge on any atom is 0.418 e. The van der Waals surface area contributed by atoms with Crippen LogP contribution in [0.25, 0.3) is 0 Å². The number of hydrogen-bond donors (Lipinski definition) is 3. The average Bonchev–Trinajstić information content (AvgIpc) is 3.16. The maximum atomic E-state index is 14.4. The zero-order valence-corrected chi connectivity index (χ0v) is 18.0. The normalized spacial score (nSPS) is 15.9. The Morgan fingerprint density at radius 2 is 2.00 bits per heavy atom. The molecule has 3 N–H and O–H groups in total. The van der Waals surface area contributed by atoms with Gasteiger partial charge < -0.3 is 15.2 Å². The number of anilines is 1. The van der Waals surface area contributed by atoms with Gasteiger partial charge in [-0.1, -0.05) is 11.6 Å². The van der Waals surface area contributed by atoms with Gasteiger partial charge in [0.1, 0.15) is 17.4 Å². The Labute approximate surface area is 183 Å². The minimum Gasteiger partial charge on any atom is -0.508 e. The average molecular weight is 490 g/mol. The van der Waals surface area contributed by atoms with Crippen LogP contribution in [0.4, 0.5) is 19.3 Å². The fourth-order valence-electron chi connectivity index (χ4n) is 2.54. The zero-order valence-electron chi connectivity index (χ0n) is 15.6. The molecule has 0 aromatic heterocycles. The predicted molar refractivity (Wildman–Crippen MR) is 114 cm³/mol. The number of benzene rings is 2. The lowest BCUT2D eigenvalue weighted by molar-refractivity contribution is 0.201. The standard InChI is InChI=1S/C18H14ClF2N3O5S2/c1-9(11-4-10(25)2-3-13(11)20)23-15-6-14(21)16(5-12(15)19)29-18(26)24-17-7-30(8-22-17)31(27)28/h2-9,23,25H,1H3,(H,24,26). The molecule has 8 nitrogen and oxygen atoms in total. The monoisotopic (exact) mass is 489 g/mol. The third-order valence-electron chi connectivity index (χ3n) is 3.95. The van der Waals surface area contributed by atoms with Crippen LogP contribution in [0.3, 0.4) is 0 Å². The largest absolute Gasteiger partial charge is 0.508 e. The van der Waals surface area contributed by atoms with Crippen molar-refractivity contribution in [3.63, 3.8) is 0 Å². The summed E-state index contributed by atoms with van der Waals surface area (Å²) in [6, 6.07) is 4.87. The molecule has 2 atom stereocenters. The molecule has 0 saturated carbocycles. The second kappa shape index (κ2) is 9.45. The van der Waals surface area contributed by atoms with Crippen molar-refractivity contribution in [2.45, 2.75) is 13.0 Å². The molecule has 3 rings (SSSR count). The summed E-state index contributed by atoms with van der Waals surface area (Å²) in [6.45, 7) is 1.59. The fourth-order valence-corrected chi connectivity index (χ4v) is 4.36. The van der Waals surface area contributed by atoms with Gasteiger partial charge in [-0.3, -0.25) is 5.32 Å². The number of carbonyl (C=O) groups is 1. The van der Waals surface area contributed by atoms with E-state index in [1.54, 1.807) is 6.92 Å². The lowest BCUT2D eigenvalue weighted by Gasteiger charge is -2.18. The van der Waals surface area contributed by atoms with Gasteiger partial charge in [-0.15, -0.1) is 0 Å². The Kier molecular flexibility index (Phi) is 6.93. The first-order valence-corrected chi connectivity index (χ1v) is 11.8. The van der Waals surface area contributed by atoms with Crippen molar-refractivity contribution >= 4 is 47.6 Å². The van der Waals surface area contributed by atoms with Crippen LogP contribution in [0.15, 0.2) is 46.6 Å². The lowest BCUT2D eigenvalue weighted by Crippen LogP contribution is -2.25. The summed E-state index contributed by atoms with van der Waals surface area (Å²) in [4.78, 5) is 15.6. The van der Waals surface area contributed by atoms with Gasteiger partial charge in [0.15, 0.2) is 11.6 Å². The van der Waals surface area contributed by atoms with Crippen molar-refractivity contribution in [3.8, 4) is 11.5 Å². The number of hydrogen-bond acceptors (Lipinski definition) is 7. The van der Waals surface area contributed by atoms with E-state index < -0.39 is 48.2 Å². The summed E-state index contributed by atoms with van der Waals surface area (Å²) >= 11 is 6.13. The quantitative estimate of drug-likeness (QED) is 0.587. The Bertz CT molecular complexity index is 1260. The smallest absolute Gasteiger partial charge is 0.418 e. The lowest BCUT2D eigenvalue weighted by atomic mass is 10.1. The van der Waals surface area contributed by atoms with Crippen LogP contribution in [0.5, 0.6) is 11.5 Å². The van der Waals surface area contributed by atoms with Crippen molar-refractivity contribution in [3.05, 3.63) is 63.8 Å². The first-order valence-electron chi connectivity index (χ1n) is 8.44. The number of aromatic hydroxyl groups is 1. The van der Waals surface area contributed by atoms with E-state index in [0.717, 1.165) is 23.7 Å². The molecule has 164 valence electrons. The van der Waals surface area contributed by atoms with Gasteiger partial charge in [-0.05, 0) is 25.1 Å². The summed E-state index contributed by atoms with van der Waals surface area (Å²) in [7, 11) is -3.67. The highest BCUT2D eigenvalue weighted by Gasteiger charge is 2.18. The Morgan fingerprint density at radius 3 is 2.68 bits per heavy atom. The number of phenols is 1. The first-order chi connectivity index (χ1) is 14.6. The van der Waals surface area contributed by atoms with Gasteiger partial charge in [0, 0.05) is 32.6 Å². The van der Waals surface area contributed by atoms with Crippen molar-refractivity contribution < 1.29 is 31.8 Å². The van der Waals surface area contributed by atoms with E-state index in [1.165, 1.54) is 17.5 Å². The van der Waals surface area contributed by atoms with Gasteiger partial charge >= 0.3 is 6.09 Å². The summed E-state index contributed by atoms with van der Waals surface area (Å²) in [6.07, 6.45) is -1.10. The summed E-state index contributed by atoms with van der Waals surface area (Å²) in [5.74, 6) is -2.18. The summed E-state index contributed by atoms with van der Waals surface area (Å²) in [5, 5.41) is 15.7. The Balaban J connectivity index is 1.72. The van der Waals surface area contributed by atoms with Crippen LogP contribution in [0, 0.1) is 11.6 Å². The topological polar surface area (TPSA) is 117 Å². The van der Waals surface area contributed by atoms with Crippen molar-refractivity contribution in [1.82, 2.24) is 5.32 Å². The molecular weight excluding hydrogens is 476 g/mol. The molecule has 1 heterocycles. The molecule has 13 heteroatoms. The zero-order chi connectivity index (χ0) is 22.7. The van der Waals surface area contributed by atoms with E-state index in [-0.39, 0.29) is 27.8 Å². The molecule has 0 radical (unpaired) electrons. The van der Waals surface area contributed by atoms with E-state index >= 15 is 0 Å². The van der Waals surface area contributed by atoms with Gasteiger partial charge in [-0.25, -0.2) is 18.6 Å². The van der Waals surface area contributed by atoms with E-state index in [1.807, 2.05) is 0 Å². The van der Waals surface area contributed by atoms with Crippen molar-refractivity contribution in [2.75, 3.05) is 5.32 Å². The number of amides is 1. The molecule has 0 spiro atoms. The minimum absolute atomic E-state index is 0.0157. The van der Waals surface area contributed by atoms with Gasteiger partial charge in [0.25, 0.3) is 0 Å². The first kappa shape index (κ1) is 22.7. The van der Waals surface area contributed by atoms with Crippen LogP contribution in [0.1, 0.15) is 18.5 Å². The number of phenolic OH excluding ortho intramolecular Hbond substituents is 1. The van der Waals surface area contributed by atoms with Gasteiger partial charge in [-0.2, -0.15) is 8.42 Å². The summed E-state index contributed by atoms with van der Waals surface area (Å²) in [5.41, 5.74) is 1.37. The number of rotatable bonds is 5. The molecule has 2 aromatic carbocycles.